The highest BCUT2D eigenvalue weighted by Crippen LogP contribution is 2.27. The molecule has 0 spiro atoms. The summed E-state index contributed by atoms with van der Waals surface area (Å²) in [6.45, 7) is 1.49. The zero-order valence-electron chi connectivity index (χ0n) is 7.84. The van der Waals surface area contributed by atoms with E-state index in [-0.39, 0.29) is 5.78 Å². The first-order valence-electron chi connectivity index (χ1n) is 4.42. The Balaban J connectivity index is 2.38. The van der Waals surface area contributed by atoms with E-state index in [1.165, 1.54) is 13.0 Å². The maximum Gasteiger partial charge on any atom is 0.209 e. The number of rotatable bonds is 1. The van der Waals surface area contributed by atoms with Crippen LogP contribution in [0.3, 0.4) is 0 Å². The van der Waals surface area contributed by atoms with Gasteiger partial charge in [0.1, 0.15) is 0 Å². The highest BCUT2D eigenvalue weighted by Gasteiger charge is 2.38. The van der Waals surface area contributed by atoms with Gasteiger partial charge in [-0.15, -0.1) is 0 Å². The number of para-hydroxylation sites is 1. The van der Waals surface area contributed by atoms with Crippen LogP contribution in [0.1, 0.15) is 6.92 Å². The second kappa shape index (κ2) is 2.96. The molecule has 1 aliphatic rings. The lowest BCUT2D eigenvalue weighted by Gasteiger charge is -2.29. The summed E-state index contributed by atoms with van der Waals surface area (Å²) in [5.74, 6) is -0.290. The molecule has 0 bridgehead atoms. The van der Waals surface area contributed by atoms with Gasteiger partial charge < -0.3 is 10.0 Å². The molecule has 1 atom stereocenters. The number of ketones is 1. The number of hydrogen-bond acceptors (Lipinski definition) is 3. The van der Waals surface area contributed by atoms with Crippen molar-refractivity contribution in [2.75, 3.05) is 4.90 Å². The summed E-state index contributed by atoms with van der Waals surface area (Å²) in [4.78, 5) is 12.9. The normalized spacial score (nSPS) is 25.9. The van der Waals surface area contributed by atoms with E-state index in [0.29, 0.717) is 0 Å². The predicted molar refractivity (Wildman–Crippen MR) is 53.7 cm³/mol. The summed E-state index contributed by atoms with van der Waals surface area (Å²) in [5.41, 5.74) is -0.638. The Labute approximate surface area is 82.3 Å². The lowest BCUT2D eigenvalue weighted by molar-refractivity contribution is -0.128. The van der Waals surface area contributed by atoms with Gasteiger partial charge in [0, 0.05) is 18.0 Å². The summed E-state index contributed by atoms with van der Waals surface area (Å²) in [6, 6.07) is 9.30. The van der Waals surface area contributed by atoms with Crippen molar-refractivity contribution < 1.29 is 9.90 Å². The lowest BCUT2D eigenvalue weighted by Crippen LogP contribution is -2.45. The average molecular weight is 189 g/mol. The van der Waals surface area contributed by atoms with Crippen molar-refractivity contribution in [1.82, 2.24) is 0 Å². The minimum atomic E-state index is -1.44. The van der Waals surface area contributed by atoms with Crippen LogP contribution in [0.2, 0.25) is 0 Å². The first-order chi connectivity index (χ1) is 6.62. The van der Waals surface area contributed by atoms with Crippen LogP contribution in [0.5, 0.6) is 0 Å². The maximum absolute atomic E-state index is 11.3. The molecule has 1 aromatic carbocycles. The van der Waals surface area contributed by atoms with Gasteiger partial charge in [-0.3, -0.25) is 4.79 Å². The molecule has 1 aliphatic heterocycles. The van der Waals surface area contributed by atoms with Gasteiger partial charge in [0.25, 0.3) is 0 Å². The summed E-state index contributed by atoms with van der Waals surface area (Å²) >= 11 is 0. The van der Waals surface area contributed by atoms with Gasteiger partial charge >= 0.3 is 0 Å². The number of aliphatic hydroxyl groups is 1. The SMILES string of the molecule is CC1(O)C(=O)C=CN1c1ccccc1. The van der Waals surface area contributed by atoms with Gasteiger partial charge in [-0.1, -0.05) is 18.2 Å². The van der Waals surface area contributed by atoms with Gasteiger partial charge in [-0.05, 0) is 19.1 Å². The van der Waals surface area contributed by atoms with E-state index >= 15 is 0 Å². The highest BCUT2D eigenvalue weighted by molar-refractivity contribution is 6.02. The van der Waals surface area contributed by atoms with Gasteiger partial charge in [-0.25, -0.2) is 0 Å². The van der Waals surface area contributed by atoms with Crippen molar-refractivity contribution >= 4 is 11.5 Å². The lowest BCUT2D eigenvalue weighted by atomic mass is 10.1. The number of benzene rings is 1. The topological polar surface area (TPSA) is 40.5 Å². The molecule has 1 N–H and O–H groups in total. The van der Waals surface area contributed by atoms with E-state index in [2.05, 4.69) is 0 Å². The van der Waals surface area contributed by atoms with Gasteiger partial charge in [0.05, 0.1) is 0 Å². The number of nitrogens with zero attached hydrogens (tertiary/aromatic N) is 1. The first-order valence-corrected chi connectivity index (χ1v) is 4.42. The first kappa shape index (κ1) is 8.97. The summed E-state index contributed by atoms with van der Waals surface area (Å²) in [5, 5.41) is 9.89. The second-order valence-electron chi connectivity index (χ2n) is 3.41. The third-order valence-corrected chi connectivity index (χ3v) is 2.35. The molecule has 0 fully saturated rings. The zero-order valence-corrected chi connectivity index (χ0v) is 7.84. The second-order valence-corrected chi connectivity index (χ2v) is 3.41. The van der Waals surface area contributed by atoms with Crippen LogP contribution < -0.4 is 4.90 Å². The quantitative estimate of drug-likeness (QED) is 0.723. The van der Waals surface area contributed by atoms with E-state index in [1.54, 1.807) is 11.1 Å². The van der Waals surface area contributed by atoms with Crippen molar-refractivity contribution in [1.29, 1.82) is 0 Å². The molecule has 0 saturated heterocycles. The Morgan fingerprint density at radius 2 is 1.93 bits per heavy atom. The standard InChI is InChI=1S/C11H11NO2/c1-11(14)10(13)7-8-12(11)9-5-3-2-4-6-9/h2-8,14H,1H3. The van der Waals surface area contributed by atoms with Crippen LogP contribution in [0.4, 0.5) is 5.69 Å². The van der Waals surface area contributed by atoms with E-state index in [1.807, 2.05) is 30.3 Å². The fraction of sp³-hybridized carbons (Fsp3) is 0.182. The molecule has 1 heterocycles. The van der Waals surface area contributed by atoms with E-state index in [9.17, 15) is 9.90 Å². The molecule has 3 heteroatoms. The monoisotopic (exact) mass is 189 g/mol. The molecule has 0 aromatic heterocycles. The molecular weight excluding hydrogens is 178 g/mol. The van der Waals surface area contributed by atoms with Gasteiger partial charge in [-0.2, -0.15) is 0 Å². The highest BCUT2D eigenvalue weighted by atomic mass is 16.3. The fourth-order valence-electron chi connectivity index (χ4n) is 1.49. The Morgan fingerprint density at radius 1 is 1.29 bits per heavy atom. The van der Waals surface area contributed by atoms with Crippen molar-refractivity contribution in [3.63, 3.8) is 0 Å². The van der Waals surface area contributed by atoms with Crippen LogP contribution in [0, 0.1) is 0 Å². The minimum absolute atomic E-state index is 0.290. The van der Waals surface area contributed by atoms with Crippen LogP contribution >= 0.6 is 0 Å². The molecule has 0 radical (unpaired) electrons. The molecule has 14 heavy (non-hydrogen) atoms. The molecule has 0 saturated carbocycles. The Hall–Kier alpha value is -1.61. The molecular formula is C11H11NO2. The van der Waals surface area contributed by atoms with Crippen LogP contribution in [-0.2, 0) is 4.79 Å². The Bertz CT molecular complexity index is 382. The van der Waals surface area contributed by atoms with Crippen LogP contribution in [0.15, 0.2) is 42.6 Å². The summed E-state index contributed by atoms with van der Waals surface area (Å²) in [7, 11) is 0. The van der Waals surface area contributed by atoms with E-state index < -0.39 is 5.72 Å². The molecule has 2 rings (SSSR count). The molecule has 3 nitrogen and oxygen atoms in total. The third-order valence-electron chi connectivity index (χ3n) is 2.35. The number of carbonyl (C=O) groups is 1. The van der Waals surface area contributed by atoms with Gasteiger partial charge in [0.2, 0.25) is 11.5 Å². The molecule has 1 unspecified atom stereocenters. The van der Waals surface area contributed by atoms with Gasteiger partial charge in [0.15, 0.2) is 0 Å². The predicted octanol–water partition coefficient (Wildman–Crippen LogP) is 1.30. The van der Waals surface area contributed by atoms with Crippen molar-refractivity contribution in [3.8, 4) is 0 Å². The summed E-state index contributed by atoms with van der Waals surface area (Å²) in [6.07, 6.45) is 2.98. The Morgan fingerprint density at radius 3 is 2.43 bits per heavy atom. The summed E-state index contributed by atoms with van der Waals surface area (Å²) < 4.78 is 0. The van der Waals surface area contributed by atoms with Crippen molar-refractivity contribution in [2.45, 2.75) is 12.6 Å². The maximum atomic E-state index is 11.3. The third kappa shape index (κ3) is 1.22. The van der Waals surface area contributed by atoms with Crippen molar-refractivity contribution in [2.24, 2.45) is 0 Å². The molecule has 0 aliphatic carbocycles. The Kier molecular flexibility index (Phi) is 1.89. The smallest absolute Gasteiger partial charge is 0.209 e. The molecule has 0 amide bonds. The fourth-order valence-corrected chi connectivity index (χ4v) is 1.49. The number of carbonyl (C=O) groups excluding carboxylic acids is 1. The van der Waals surface area contributed by atoms with E-state index in [4.69, 9.17) is 0 Å². The van der Waals surface area contributed by atoms with Crippen LogP contribution in [0.25, 0.3) is 0 Å². The average Bonchev–Trinajstić information content (AvgIpc) is 2.44. The van der Waals surface area contributed by atoms with Crippen molar-refractivity contribution in [3.05, 3.63) is 42.6 Å². The molecule has 72 valence electrons. The molecule has 1 aromatic rings. The minimum Gasteiger partial charge on any atom is -0.364 e. The van der Waals surface area contributed by atoms with Crippen LogP contribution in [-0.4, -0.2) is 16.6 Å². The number of hydrogen-bond donors (Lipinski definition) is 1. The number of anilines is 1. The largest absolute Gasteiger partial charge is 0.364 e. The van der Waals surface area contributed by atoms with E-state index in [0.717, 1.165) is 5.69 Å². The zero-order chi connectivity index (χ0) is 10.2.